The zero-order chi connectivity index (χ0) is 14.8. The Morgan fingerprint density at radius 3 is 2.20 bits per heavy atom. The predicted octanol–water partition coefficient (Wildman–Crippen LogP) is 3.82. The van der Waals surface area contributed by atoms with E-state index in [-0.39, 0.29) is 11.0 Å². The Kier molecular flexibility index (Phi) is 3.74. The van der Waals surface area contributed by atoms with Crippen molar-refractivity contribution in [1.82, 2.24) is 4.98 Å². The minimum atomic E-state index is -0.974. The van der Waals surface area contributed by atoms with Crippen LogP contribution < -0.4 is 5.32 Å². The zero-order valence-electron chi connectivity index (χ0n) is 11.8. The largest absolute Gasteiger partial charge is 0.478 e. The van der Waals surface area contributed by atoms with E-state index < -0.39 is 5.97 Å². The second-order valence-corrected chi connectivity index (χ2v) is 5.69. The van der Waals surface area contributed by atoms with Gasteiger partial charge in [-0.1, -0.05) is 32.9 Å². The van der Waals surface area contributed by atoms with Crippen LogP contribution in [0.2, 0.25) is 0 Å². The number of carboxylic acid groups (broad SMARTS) is 1. The highest BCUT2D eigenvalue weighted by Crippen LogP contribution is 2.24. The molecule has 2 N–H and O–H groups in total. The molecule has 0 fully saturated rings. The summed E-state index contributed by atoms with van der Waals surface area (Å²) in [5.41, 5.74) is 2.49. The minimum Gasteiger partial charge on any atom is -0.478 e. The highest BCUT2D eigenvalue weighted by Gasteiger charge is 2.12. The molecule has 2 rings (SSSR count). The molecule has 20 heavy (non-hydrogen) atoms. The quantitative estimate of drug-likeness (QED) is 0.890. The van der Waals surface area contributed by atoms with Crippen molar-refractivity contribution in [2.75, 3.05) is 5.32 Å². The normalized spacial score (nSPS) is 11.2. The van der Waals surface area contributed by atoms with E-state index in [9.17, 15) is 4.79 Å². The van der Waals surface area contributed by atoms with Gasteiger partial charge in [0, 0.05) is 11.9 Å². The molecule has 0 aliphatic carbocycles. The molecule has 0 amide bonds. The van der Waals surface area contributed by atoms with Gasteiger partial charge in [0.1, 0.15) is 5.82 Å². The summed E-state index contributed by atoms with van der Waals surface area (Å²) in [5.74, 6) is -0.350. The molecule has 0 saturated carbocycles. The Hall–Kier alpha value is -2.36. The maximum atomic E-state index is 10.7. The topological polar surface area (TPSA) is 62.2 Å². The molecule has 0 spiro atoms. The molecule has 0 aliphatic rings. The smallest absolute Gasteiger partial charge is 0.337 e. The summed E-state index contributed by atoms with van der Waals surface area (Å²) in [4.78, 5) is 14.8. The number of benzene rings is 1. The second-order valence-electron chi connectivity index (χ2n) is 5.69. The lowest BCUT2D eigenvalue weighted by atomic mass is 9.87. The van der Waals surface area contributed by atoms with Crippen molar-refractivity contribution in [3.8, 4) is 0 Å². The molecule has 4 heteroatoms. The number of aromatic carboxylic acids is 1. The molecular formula is C16H18N2O2. The molecule has 0 radical (unpaired) electrons. The molecule has 104 valence electrons. The van der Waals surface area contributed by atoms with Crippen molar-refractivity contribution < 1.29 is 9.90 Å². The number of pyridine rings is 1. The number of carboxylic acids is 1. The van der Waals surface area contributed by atoms with E-state index in [4.69, 9.17) is 5.11 Å². The van der Waals surface area contributed by atoms with Gasteiger partial charge in [-0.2, -0.15) is 0 Å². The van der Waals surface area contributed by atoms with E-state index in [0.29, 0.717) is 5.82 Å². The van der Waals surface area contributed by atoms with Gasteiger partial charge < -0.3 is 10.4 Å². The van der Waals surface area contributed by atoms with Crippen LogP contribution in [0.4, 0.5) is 11.5 Å². The van der Waals surface area contributed by atoms with Crippen LogP contribution in [0.5, 0.6) is 0 Å². The summed E-state index contributed by atoms with van der Waals surface area (Å²) in [5, 5.41) is 12.0. The molecule has 4 nitrogen and oxygen atoms in total. The monoisotopic (exact) mass is 270 g/mol. The summed E-state index contributed by atoms with van der Waals surface area (Å²) >= 11 is 0. The highest BCUT2D eigenvalue weighted by atomic mass is 16.4. The zero-order valence-corrected chi connectivity index (χ0v) is 11.8. The summed E-state index contributed by atoms with van der Waals surface area (Å²) in [6, 6.07) is 11.3. The van der Waals surface area contributed by atoms with Crippen molar-refractivity contribution in [2.24, 2.45) is 0 Å². The van der Waals surface area contributed by atoms with Crippen molar-refractivity contribution in [1.29, 1.82) is 0 Å². The lowest BCUT2D eigenvalue weighted by Crippen LogP contribution is -2.10. The third-order valence-corrected chi connectivity index (χ3v) is 3.03. The average Bonchev–Trinajstić information content (AvgIpc) is 2.39. The molecule has 0 aliphatic heterocycles. The number of rotatable bonds is 3. The Morgan fingerprint density at radius 2 is 1.75 bits per heavy atom. The van der Waals surface area contributed by atoms with Crippen LogP contribution in [-0.2, 0) is 5.41 Å². The Balaban J connectivity index is 2.12. The van der Waals surface area contributed by atoms with Crippen LogP contribution in [0.1, 0.15) is 36.7 Å². The lowest BCUT2D eigenvalue weighted by molar-refractivity contribution is 0.0696. The van der Waals surface area contributed by atoms with Gasteiger partial charge in [0.2, 0.25) is 0 Å². The highest BCUT2D eigenvalue weighted by molar-refractivity contribution is 5.87. The fourth-order valence-electron chi connectivity index (χ4n) is 1.80. The van der Waals surface area contributed by atoms with Gasteiger partial charge >= 0.3 is 5.97 Å². The van der Waals surface area contributed by atoms with Crippen LogP contribution in [-0.4, -0.2) is 16.1 Å². The average molecular weight is 270 g/mol. The molecule has 1 aromatic carbocycles. The molecule has 1 aromatic heterocycles. The van der Waals surface area contributed by atoms with Crippen LogP contribution in [0.3, 0.4) is 0 Å². The number of hydrogen-bond acceptors (Lipinski definition) is 3. The SMILES string of the molecule is CC(C)(C)c1ccc(Nc2ccc(C(=O)O)cn2)cc1. The Bertz CT molecular complexity index is 596. The molecule has 2 aromatic rings. The van der Waals surface area contributed by atoms with Crippen LogP contribution in [0.25, 0.3) is 0 Å². The third-order valence-electron chi connectivity index (χ3n) is 3.03. The Morgan fingerprint density at radius 1 is 1.10 bits per heavy atom. The lowest BCUT2D eigenvalue weighted by Gasteiger charge is -2.19. The van der Waals surface area contributed by atoms with Crippen LogP contribution in [0.15, 0.2) is 42.6 Å². The van der Waals surface area contributed by atoms with Gasteiger partial charge in [-0.25, -0.2) is 9.78 Å². The number of nitrogens with one attached hydrogen (secondary N) is 1. The van der Waals surface area contributed by atoms with Gasteiger partial charge in [-0.3, -0.25) is 0 Å². The number of carbonyl (C=O) groups is 1. The van der Waals surface area contributed by atoms with Gasteiger partial charge in [-0.15, -0.1) is 0 Å². The van der Waals surface area contributed by atoms with Crippen molar-refractivity contribution in [3.63, 3.8) is 0 Å². The standard InChI is InChI=1S/C16H18N2O2/c1-16(2,3)12-5-7-13(8-6-12)18-14-9-4-11(10-17-14)15(19)20/h4-10H,1-3H3,(H,17,18)(H,19,20). The van der Waals surface area contributed by atoms with Gasteiger partial charge in [0.25, 0.3) is 0 Å². The molecule has 1 heterocycles. The van der Waals surface area contributed by atoms with E-state index in [1.54, 1.807) is 6.07 Å². The van der Waals surface area contributed by atoms with Crippen LogP contribution >= 0.6 is 0 Å². The van der Waals surface area contributed by atoms with E-state index >= 15 is 0 Å². The summed E-state index contributed by atoms with van der Waals surface area (Å²) in [6.45, 7) is 6.50. The third kappa shape index (κ3) is 3.35. The number of aromatic nitrogens is 1. The summed E-state index contributed by atoms with van der Waals surface area (Å²) in [7, 11) is 0. The number of nitrogens with zero attached hydrogens (tertiary/aromatic N) is 1. The summed E-state index contributed by atoms with van der Waals surface area (Å²) in [6.07, 6.45) is 1.34. The maximum absolute atomic E-state index is 10.7. The first-order chi connectivity index (χ1) is 9.36. The maximum Gasteiger partial charge on any atom is 0.337 e. The molecule has 0 bridgehead atoms. The van der Waals surface area contributed by atoms with Crippen LogP contribution in [0, 0.1) is 0 Å². The fraction of sp³-hybridized carbons (Fsp3) is 0.250. The van der Waals surface area contributed by atoms with E-state index in [1.807, 2.05) is 12.1 Å². The molecule has 0 saturated heterocycles. The minimum absolute atomic E-state index is 0.125. The number of anilines is 2. The van der Waals surface area contributed by atoms with Gasteiger partial charge in [0.05, 0.1) is 5.56 Å². The van der Waals surface area contributed by atoms with Gasteiger partial charge in [0.15, 0.2) is 0 Å². The fourth-order valence-corrected chi connectivity index (χ4v) is 1.80. The first-order valence-electron chi connectivity index (χ1n) is 6.43. The Labute approximate surface area is 118 Å². The van der Waals surface area contributed by atoms with Gasteiger partial charge in [-0.05, 0) is 35.2 Å². The predicted molar refractivity (Wildman–Crippen MR) is 79.6 cm³/mol. The van der Waals surface area contributed by atoms with E-state index in [0.717, 1.165) is 5.69 Å². The molecular weight excluding hydrogens is 252 g/mol. The first kappa shape index (κ1) is 14.1. The molecule has 0 unspecified atom stereocenters. The van der Waals surface area contributed by atoms with Crippen molar-refractivity contribution in [3.05, 3.63) is 53.7 Å². The van der Waals surface area contributed by atoms with Crippen molar-refractivity contribution >= 4 is 17.5 Å². The second kappa shape index (κ2) is 5.33. The summed E-state index contributed by atoms with van der Waals surface area (Å²) < 4.78 is 0. The van der Waals surface area contributed by atoms with E-state index in [1.165, 1.54) is 17.8 Å². The van der Waals surface area contributed by atoms with E-state index in [2.05, 4.69) is 43.2 Å². The molecule has 0 atom stereocenters. The first-order valence-corrected chi connectivity index (χ1v) is 6.43. The number of hydrogen-bond donors (Lipinski definition) is 2. The van der Waals surface area contributed by atoms with Crippen molar-refractivity contribution in [2.45, 2.75) is 26.2 Å².